The molecule has 2 aromatic carbocycles. The minimum atomic E-state index is -0.119. The van der Waals surface area contributed by atoms with E-state index in [1.54, 1.807) is 16.8 Å². The standard InChI is InChI=1S/C17H12N2O/c1-12-5-4-6-13(9-12)17(20)19-11-14(10-18)15-7-2-3-8-16(15)19/h2-9,11H,1H3. The Hall–Kier alpha value is -2.86. The molecular formula is C17H12N2O. The van der Waals surface area contributed by atoms with Gasteiger partial charge in [-0.05, 0) is 25.1 Å². The molecule has 0 unspecified atom stereocenters. The first-order valence-corrected chi connectivity index (χ1v) is 6.32. The maximum atomic E-state index is 12.6. The van der Waals surface area contributed by atoms with Crippen LogP contribution < -0.4 is 0 Å². The van der Waals surface area contributed by atoms with Crippen molar-refractivity contribution in [3.63, 3.8) is 0 Å². The summed E-state index contributed by atoms with van der Waals surface area (Å²) in [5, 5.41) is 9.97. The number of rotatable bonds is 1. The van der Waals surface area contributed by atoms with E-state index in [2.05, 4.69) is 6.07 Å². The summed E-state index contributed by atoms with van der Waals surface area (Å²) in [5.41, 5.74) is 2.93. The van der Waals surface area contributed by atoms with Gasteiger partial charge in [-0.2, -0.15) is 5.26 Å². The molecule has 0 saturated carbocycles. The summed E-state index contributed by atoms with van der Waals surface area (Å²) in [6.45, 7) is 1.95. The SMILES string of the molecule is Cc1cccc(C(=O)n2cc(C#N)c3ccccc32)c1. The molecule has 96 valence electrons. The van der Waals surface area contributed by atoms with Crippen molar-refractivity contribution in [1.82, 2.24) is 4.57 Å². The number of carbonyl (C=O) groups excluding carboxylic acids is 1. The molecular weight excluding hydrogens is 248 g/mol. The largest absolute Gasteiger partial charge is 0.282 e. The Morgan fingerprint density at radius 3 is 2.70 bits per heavy atom. The normalized spacial score (nSPS) is 10.4. The van der Waals surface area contributed by atoms with Crippen LogP contribution in [0.1, 0.15) is 21.5 Å². The van der Waals surface area contributed by atoms with E-state index in [1.165, 1.54) is 0 Å². The molecule has 0 saturated heterocycles. The van der Waals surface area contributed by atoms with Crippen LogP contribution in [-0.4, -0.2) is 10.5 Å². The van der Waals surface area contributed by atoms with Crippen LogP contribution in [0.25, 0.3) is 10.9 Å². The fourth-order valence-corrected chi connectivity index (χ4v) is 2.35. The van der Waals surface area contributed by atoms with Gasteiger partial charge < -0.3 is 0 Å². The Kier molecular flexibility index (Phi) is 2.85. The third-order valence-electron chi connectivity index (χ3n) is 3.32. The number of benzene rings is 2. The first kappa shape index (κ1) is 12.2. The predicted octanol–water partition coefficient (Wildman–Crippen LogP) is 3.51. The van der Waals surface area contributed by atoms with Crippen LogP contribution in [0, 0.1) is 18.3 Å². The summed E-state index contributed by atoms with van der Waals surface area (Å²) >= 11 is 0. The summed E-state index contributed by atoms with van der Waals surface area (Å²) < 4.78 is 1.54. The number of nitrogens with zero attached hydrogens (tertiary/aromatic N) is 2. The van der Waals surface area contributed by atoms with Crippen molar-refractivity contribution in [3.8, 4) is 6.07 Å². The van der Waals surface area contributed by atoms with Gasteiger partial charge in [-0.25, -0.2) is 0 Å². The zero-order valence-corrected chi connectivity index (χ0v) is 11.0. The van der Waals surface area contributed by atoms with Crippen molar-refractivity contribution in [1.29, 1.82) is 5.26 Å². The van der Waals surface area contributed by atoms with Gasteiger partial charge in [-0.3, -0.25) is 9.36 Å². The highest BCUT2D eigenvalue weighted by atomic mass is 16.2. The molecule has 3 nitrogen and oxygen atoms in total. The van der Waals surface area contributed by atoms with Crippen LogP contribution in [0.2, 0.25) is 0 Å². The van der Waals surface area contributed by atoms with Gasteiger partial charge in [0.15, 0.2) is 0 Å². The van der Waals surface area contributed by atoms with Crippen molar-refractivity contribution in [2.24, 2.45) is 0 Å². The number of aryl methyl sites for hydroxylation is 1. The topological polar surface area (TPSA) is 45.8 Å². The first-order valence-electron chi connectivity index (χ1n) is 6.32. The Morgan fingerprint density at radius 2 is 1.95 bits per heavy atom. The van der Waals surface area contributed by atoms with Crippen LogP contribution in [0.3, 0.4) is 0 Å². The van der Waals surface area contributed by atoms with Crippen LogP contribution in [0.5, 0.6) is 0 Å². The minimum Gasteiger partial charge on any atom is -0.282 e. The average Bonchev–Trinajstić information content (AvgIpc) is 2.85. The Balaban J connectivity index is 2.20. The second kappa shape index (κ2) is 4.67. The molecule has 3 heteroatoms. The quantitative estimate of drug-likeness (QED) is 0.672. The van der Waals surface area contributed by atoms with Gasteiger partial charge in [0, 0.05) is 17.1 Å². The van der Waals surface area contributed by atoms with Gasteiger partial charge in [0.25, 0.3) is 5.91 Å². The molecule has 20 heavy (non-hydrogen) atoms. The van der Waals surface area contributed by atoms with Crippen molar-refractivity contribution in [3.05, 3.63) is 71.4 Å². The lowest BCUT2D eigenvalue weighted by Crippen LogP contribution is -2.10. The lowest BCUT2D eigenvalue weighted by molar-refractivity contribution is 0.0965. The minimum absolute atomic E-state index is 0.119. The highest BCUT2D eigenvalue weighted by molar-refractivity contribution is 6.03. The lowest BCUT2D eigenvalue weighted by atomic mass is 10.1. The molecule has 0 aliphatic rings. The van der Waals surface area contributed by atoms with Gasteiger partial charge in [-0.15, -0.1) is 0 Å². The van der Waals surface area contributed by atoms with Crippen molar-refractivity contribution < 1.29 is 4.79 Å². The molecule has 0 amide bonds. The fourth-order valence-electron chi connectivity index (χ4n) is 2.35. The lowest BCUT2D eigenvalue weighted by Gasteiger charge is -2.04. The smallest absolute Gasteiger partial charge is 0.262 e. The van der Waals surface area contributed by atoms with E-state index in [4.69, 9.17) is 0 Å². The number of aromatic nitrogens is 1. The molecule has 3 rings (SSSR count). The van der Waals surface area contributed by atoms with Crippen LogP contribution in [0.15, 0.2) is 54.7 Å². The molecule has 3 aromatic rings. The van der Waals surface area contributed by atoms with Crippen molar-refractivity contribution in [2.45, 2.75) is 6.92 Å². The zero-order valence-electron chi connectivity index (χ0n) is 11.0. The average molecular weight is 260 g/mol. The van der Waals surface area contributed by atoms with Gasteiger partial charge in [0.2, 0.25) is 0 Å². The highest BCUT2D eigenvalue weighted by Gasteiger charge is 2.14. The first-order chi connectivity index (χ1) is 9.70. The van der Waals surface area contributed by atoms with Crippen LogP contribution in [-0.2, 0) is 0 Å². The Labute approximate surface area is 116 Å². The summed E-state index contributed by atoms with van der Waals surface area (Å²) in [6.07, 6.45) is 1.61. The van der Waals surface area contributed by atoms with E-state index in [-0.39, 0.29) is 5.91 Å². The summed E-state index contributed by atoms with van der Waals surface area (Å²) in [6, 6.07) is 17.0. The van der Waals surface area contributed by atoms with E-state index in [1.807, 2.05) is 49.4 Å². The molecule has 1 aromatic heterocycles. The molecule has 1 heterocycles. The maximum absolute atomic E-state index is 12.6. The monoisotopic (exact) mass is 260 g/mol. The van der Waals surface area contributed by atoms with Gasteiger partial charge >= 0.3 is 0 Å². The summed E-state index contributed by atoms with van der Waals surface area (Å²) in [4.78, 5) is 12.6. The third kappa shape index (κ3) is 1.88. The number of fused-ring (bicyclic) bond motifs is 1. The molecule has 0 aliphatic heterocycles. The Bertz CT molecular complexity index is 853. The van der Waals surface area contributed by atoms with Crippen molar-refractivity contribution >= 4 is 16.8 Å². The fraction of sp³-hybridized carbons (Fsp3) is 0.0588. The number of nitriles is 1. The molecule has 0 spiro atoms. The van der Waals surface area contributed by atoms with Crippen LogP contribution in [0.4, 0.5) is 0 Å². The molecule has 0 aliphatic carbocycles. The molecule has 0 bridgehead atoms. The third-order valence-corrected chi connectivity index (χ3v) is 3.32. The zero-order chi connectivity index (χ0) is 14.1. The molecule has 0 fully saturated rings. The van der Waals surface area contributed by atoms with Gasteiger partial charge in [0.1, 0.15) is 6.07 Å². The van der Waals surface area contributed by atoms with E-state index >= 15 is 0 Å². The highest BCUT2D eigenvalue weighted by Crippen LogP contribution is 2.21. The van der Waals surface area contributed by atoms with E-state index in [0.29, 0.717) is 11.1 Å². The number of carbonyl (C=O) groups is 1. The van der Waals surface area contributed by atoms with E-state index < -0.39 is 0 Å². The van der Waals surface area contributed by atoms with E-state index in [9.17, 15) is 10.1 Å². The predicted molar refractivity (Wildman–Crippen MR) is 77.6 cm³/mol. The molecule has 0 radical (unpaired) electrons. The molecule has 0 atom stereocenters. The second-order valence-electron chi connectivity index (χ2n) is 4.72. The van der Waals surface area contributed by atoms with E-state index in [0.717, 1.165) is 16.5 Å². The second-order valence-corrected chi connectivity index (χ2v) is 4.72. The summed E-state index contributed by atoms with van der Waals surface area (Å²) in [5.74, 6) is -0.119. The number of hydrogen-bond acceptors (Lipinski definition) is 2. The van der Waals surface area contributed by atoms with Gasteiger partial charge in [-0.1, -0.05) is 35.9 Å². The molecule has 0 N–H and O–H groups in total. The van der Waals surface area contributed by atoms with Crippen LogP contribution >= 0.6 is 0 Å². The Morgan fingerprint density at radius 1 is 1.15 bits per heavy atom. The summed E-state index contributed by atoms with van der Waals surface area (Å²) in [7, 11) is 0. The van der Waals surface area contributed by atoms with Crippen molar-refractivity contribution in [2.75, 3.05) is 0 Å². The van der Waals surface area contributed by atoms with Gasteiger partial charge in [0.05, 0.1) is 11.1 Å². The number of hydrogen-bond donors (Lipinski definition) is 0. The number of para-hydroxylation sites is 1. The maximum Gasteiger partial charge on any atom is 0.262 e.